The van der Waals surface area contributed by atoms with Gasteiger partial charge in [0.15, 0.2) is 29.8 Å². The number of nitrogens with zero attached hydrogens (tertiary/aromatic N) is 1. The lowest BCUT2D eigenvalue weighted by molar-refractivity contribution is -0.176. The van der Waals surface area contributed by atoms with E-state index in [1.807, 2.05) is 19.2 Å². The van der Waals surface area contributed by atoms with Crippen LogP contribution in [0, 0.1) is 0 Å². The van der Waals surface area contributed by atoms with Crippen molar-refractivity contribution in [3.8, 4) is 11.5 Å². The van der Waals surface area contributed by atoms with Gasteiger partial charge in [0.05, 0.1) is 24.5 Å². The van der Waals surface area contributed by atoms with Gasteiger partial charge in [0.2, 0.25) is 11.7 Å². The largest absolute Gasteiger partial charge is 0.493 e. The molecule has 3 aliphatic heterocycles. The van der Waals surface area contributed by atoms with E-state index in [9.17, 15) is 34.2 Å². The second kappa shape index (κ2) is 12.0. The standard InChI is InChI=1S/C33H40N2O13/c1-16(44-29(40)18(7-9-24(37)38)34-23(36)15-21-30(41)48-31(2,3)47-21)28(39)45-20-10-11-33(42)22-14-17-6-8-19(43-5)26-25(17)32(33,27(20)46-26)12-13-35(22)4/h6,8,10,16,18,21-22,27,42H,7,9,11-15H2,1-5H3,(H,34,36)(H,37,38)/t16?,18?,21?,22-,27+,32+,33-/m1/s1. The normalized spacial score (nSPS) is 30.5. The van der Waals surface area contributed by atoms with Crippen LogP contribution in [0.3, 0.4) is 0 Å². The highest BCUT2D eigenvalue weighted by Gasteiger charge is 2.72. The van der Waals surface area contributed by atoms with Gasteiger partial charge in [-0.3, -0.25) is 9.59 Å². The van der Waals surface area contributed by atoms with Gasteiger partial charge in [0.1, 0.15) is 11.8 Å². The molecular formula is C33H40N2O13. The molecular weight excluding hydrogens is 632 g/mol. The van der Waals surface area contributed by atoms with Crippen LogP contribution in [0.1, 0.15) is 64.0 Å². The first-order chi connectivity index (χ1) is 22.6. The highest BCUT2D eigenvalue weighted by atomic mass is 16.8. The maximum atomic E-state index is 13.4. The number of likely N-dealkylation sites (tertiary alicyclic amines) is 1. The van der Waals surface area contributed by atoms with Crippen molar-refractivity contribution in [2.45, 2.75) is 106 Å². The number of hydrogen-bond acceptors (Lipinski definition) is 13. The number of likely N-dealkylation sites (N-methyl/N-ethyl adjacent to an activating group) is 1. The third kappa shape index (κ3) is 5.47. The van der Waals surface area contributed by atoms with Crippen molar-refractivity contribution >= 4 is 29.8 Å². The van der Waals surface area contributed by atoms with Crippen molar-refractivity contribution in [2.24, 2.45) is 0 Å². The van der Waals surface area contributed by atoms with Crippen LogP contribution >= 0.6 is 0 Å². The average molecular weight is 673 g/mol. The van der Waals surface area contributed by atoms with Crippen LogP contribution < -0.4 is 14.8 Å². The smallest absolute Gasteiger partial charge is 0.352 e. The predicted molar refractivity (Wildman–Crippen MR) is 162 cm³/mol. The maximum absolute atomic E-state index is 13.4. The van der Waals surface area contributed by atoms with Gasteiger partial charge in [-0.05, 0) is 57.5 Å². The average Bonchev–Trinajstić information content (AvgIpc) is 3.50. The molecule has 1 spiro atoms. The second-order valence-corrected chi connectivity index (χ2v) is 13.5. The summed E-state index contributed by atoms with van der Waals surface area (Å²) in [6, 6.07) is 2.16. The number of amides is 1. The van der Waals surface area contributed by atoms with Gasteiger partial charge >= 0.3 is 23.9 Å². The topological polar surface area (TPSA) is 196 Å². The predicted octanol–water partition coefficient (Wildman–Crippen LogP) is 0.866. The Morgan fingerprint density at radius 1 is 1.19 bits per heavy atom. The number of piperidine rings is 1. The molecule has 2 bridgehead atoms. The fraction of sp³-hybridized carbons (Fsp3) is 0.606. The lowest BCUT2D eigenvalue weighted by Crippen LogP contribution is -2.74. The van der Waals surface area contributed by atoms with Crippen LogP contribution in [0.15, 0.2) is 24.0 Å². The van der Waals surface area contributed by atoms with E-state index in [1.165, 1.54) is 27.9 Å². The zero-order valence-electron chi connectivity index (χ0n) is 27.4. The van der Waals surface area contributed by atoms with Gasteiger partial charge in [-0.25, -0.2) is 14.4 Å². The van der Waals surface area contributed by atoms with E-state index in [0.29, 0.717) is 30.9 Å². The summed E-state index contributed by atoms with van der Waals surface area (Å²) in [6.45, 7) is 4.97. The molecule has 260 valence electrons. The van der Waals surface area contributed by atoms with Crippen molar-refractivity contribution in [3.05, 3.63) is 35.1 Å². The van der Waals surface area contributed by atoms with E-state index in [0.717, 1.165) is 11.1 Å². The number of nitrogens with one attached hydrogen (secondary N) is 1. The molecule has 2 fully saturated rings. The Bertz CT molecular complexity index is 1590. The van der Waals surface area contributed by atoms with E-state index in [1.54, 1.807) is 6.08 Å². The second-order valence-electron chi connectivity index (χ2n) is 13.5. The van der Waals surface area contributed by atoms with Gasteiger partial charge in [-0.2, -0.15) is 0 Å². The van der Waals surface area contributed by atoms with Crippen molar-refractivity contribution in [1.29, 1.82) is 0 Å². The van der Waals surface area contributed by atoms with Gasteiger partial charge in [0.25, 0.3) is 0 Å². The Morgan fingerprint density at radius 2 is 1.94 bits per heavy atom. The molecule has 15 nitrogen and oxygen atoms in total. The number of aliphatic hydroxyl groups is 1. The number of carbonyl (C=O) groups is 5. The number of ether oxygens (including phenoxy) is 6. The van der Waals surface area contributed by atoms with Gasteiger partial charge in [0, 0.05) is 38.3 Å². The Labute approximate surface area is 276 Å². The molecule has 6 rings (SSSR count). The minimum absolute atomic E-state index is 0.170. The number of hydrogen-bond donors (Lipinski definition) is 3. The van der Waals surface area contributed by atoms with E-state index >= 15 is 0 Å². The summed E-state index contributed by atoms with van der Waals surface area (Å²) in [5.74, 6) is -4.81. The molecule has 0 aromatic heterocycles. The fourth-order valence-corrected chi connectivity index (χ4v) is 7.88. The molecule has 7 atom stereocenters. The Balaban J connectivity index is 1.17. The van der Waals surface area contributed by atoms with Crippen LogP contribution in [0.25, 0.3) is 0 Å². The molecule has 1 aromatic carbocycles. The SMILES string of the molecule is COc1ccc2c3c1O[C@H]1C(OC(=O)C(C)OC(=O)C(CCC(=O)O)NC(=O)CC4OC(C)(C)OC4=O)=CC[C@@]4(O)[C@@H](C2)N(C)CC[C@]314. The summed E-state index contributed by atoms with van der Waals surface area (Å²) in [5, 5.41) is 23.9. The summed E-state index contributed by atoms with van der Waals surface area (Å²) in [4.78, 5) is 64.7. The molecule has 5 aliphatic rings. The van der Waals surface area contributed by atoms with Crippen LogP contribution in [0.5, 0.6) is 11.5 Å². The number of cyclic esters (lactones) is 1. The van der Waals surface area contributed by atoms with Crippen molar-refractivity contribution < 1.29 is 62.6 Å². The molecule has 3 heterocycles. The van der Waals surface area contributed by atoms with Crippen molar-refractivity contribution in [3.63, 3.8) is 0 Å². The van der Waals surface area contributed by atoms with E-state index < -0.39 is 83.8 Å². The lowest BCUT2D eigenvalue weighted by atomic mass is 9.50. The molecule has 0 radical (unpaired) electrons. The Kier molecular flexibility index (Phi) is 8.45. The molecule has 0 saturated carbocycles. The summed E-state index contributed by atoms with van der Waals surface area (Å²) < 4.78 is 33.7. The molecule has 48 heavy (non-hydrogen) atoms. The number of benzene rings is 1. The van der Waals surface area contributed by atoms with Gasteiger partial charge < -0.3 is 48.9 Å². The molecule has 3 unspecified atom stereocenters. The lowest BCUT2D eigenvalue weighted by Gasteiger charge is -2.61. The number of esters is 3. The summed E-state index contributed by atoms with van der Waals surface area (Å²) in [5.41, 5.74) is -0.242. The van der Waals surface area contributed by atoms with E-state index in [4.69, 9.17) is 28.4 Å². The highest BCUT2D eigenvalue weighted by molar-refractivity contribution is 5.89. The van der Waals surface area contributed by atoms with Crippen molar-refractivity contribution in [1.82, 2.24) is 10.2 Å². The van der Waals surface area contributed by atoms with E-state index in [-0.39, 0.29) is 24.6 Å². The third-order valence-electron chi connectivity index (χ3n) is 10.1. The molecule has 2 aliphatic carbocycles. The summed E-state index contributed by atoms with van der Waals surface area (Å²) in [7, 11) is 3.51. The Morgan fingerprint density at radius 3 is 2.60 bits per heavy atom. The first-order valence-corrected chi connectivity index (χ1v) is 15.9. The van der Waals surface area contributed by atoms with Crippen LogP contribution in [-0.2, 0) is 54.8 Å². The minimum Gasteiger partial charge on any atom is -0.493 e. The zero-order chi connectivity index (χ0) is 34.8. The molecule has 15 heteroatoms. The van der Waals surface area contributed by atoms with Crippen LogP contribution in [0.2, 0.25) is 0 Å². The number of carboxylic acid groups (broad SMARTS) is 1. The van der Waals surface area contributed by atoms with Gasteiger partial charge in [-0.15, -0.1) is 0 Å². The fourth-order valence-electron chi connectivity index (χ4n) is 7.88. The van der Waals surface area contributed by atoms with Gasteiger partial charge in [-0.1, -0.05) is 6.07 Å². The maximum Gasteiger partial charge on any atom is 0.352 e. The molecule has 2 saturated heterocycles. The monoisotopic (exact) mass is 672 g/mol. The first-order valence-electron chi connectivity index (χ1n) is 15.9. The molecule has 1 amide bonds. The number of aliphatic carboxylic acids is 1. The number of methoxy groups -OCH3 is 1. The molecule has 3 N–H and O–H groups in total. The van der Waals surface area contributed by atoms with Crippen LogP contribution in [-0.4, -0.2) is 107 Å². The number of carbonyl (C=O) groups excluding carboxylic acids is 4. The van der Waals surface area contributed by atoms with E-state index in [2.05, 4.69) is 10.2 Å². The minimum atomic E-state index is -1.47. The van der Waals surface area contributed by atoms with Crippen LogP contribution in [0.4, 0.5) is 0 Å². The zero-order valence-corrected chi connectivity index (χ0v) is 27.4. The Hall–Kier alpha value is -4.21. The summed E-state index contributed by atoms with van der Waals surface area (Å²) in [6.07, 6.45) is -1.90. The van der Waals surface area contributed by atoms with Crippen molar-refractivity contribution in [2.75, 3.05) is 20.7 Å². The third-order valence-corrected chi connectivity index (χ3v) is 10.1. The highest BCUT2D eigenvalue weighted by Crippen LogP contribution is 2.65. The quantitative estimate of drug-likeness (QED) is 0.221. The summed E-state index contributed by atoms with van der Waals surface area (Å²) >= 11 is 0. The first kappa shape index (κ1) is 33.7. The number of rotatable bonds is 11. The molecule has 1 aromatic rings. The number of carboxylic acids is 1.